The van der Waals surface area contributed by atoms with Crippen molar-refractivity contribution >= 4 is 0 Å². The standard InChI is InChI=1S/C15H20N2O/c1-9-6-11(15(3,4)5)7-10(2)14(9)12-8-13(18)17-16-12/h6-8H,1-5H3,(H2,16,17,18). The van der Waals surface area contributed by atoms with E-state index in [0.29, 0.717) is 0 Å². The molecule has 3 nitrogen and oxygen atoms in total. The number of aryl methyl sites for hydroxylation is 2. The van der Waals surface area contributed by atoms with Crippen LogP contribution in [0.2, 0.25) is 0 Å². The van der Waals surface area contributed by atoms with Crippen molar-refractivity contribution in [3.63, 3.8) is 0 Å². The summed E-state index contributed by atoms with van der Waals surface area (Å²) in [6, 6.07) is 6.01. The van der Waals surface area contributed by atoms with Crippen molar-refractivity contribution in [2.75, 3.05) is 0 Å². The lowest BCUT2D eigenvalue weighted by atomic mass is 9.83. The van der Waals surface area contributed by atoms with Crippen LogP contribution in [0, 0.1) is 13.8 Å². The Morgan fingerprint density at radius 3 is 1.89 bits per heavy atom. The molecule has 0 aliphatic carbocycles. The number of nitrogens with one attached hydrogen (secondary N) is 2. The summed E-state index contributed by atoms with van der Waals surface area (Å²) in [5.41, 5.74) is 5.71. The molecule has 0 saturated carbocycles. The molecule has 1 aromatic heterocycles. The number of aromatic amines is 2. The normalized spacial score (nSPS) is 11.8. The lowest BCUT2D eigenvalue weighted by molar-refractivity contribution is 0.589. The van der Waals surface area contributed by atoms with E-state index in [-0.39, 0.29) is 11.0 Å². The summed E-state index contributed by atoms with van der Waals surface area (Å²) in [5, 5.41) is 5.51. The molecule has 1 heterocycles. The van der Waals surface area contributed by atoms with Gasteiger partial charge < -0.3 is 0 Å². The molecule has 2 aromatic rings. The molecule has 0 aliphatic rings. The number of aromatic nitrogens is 2. The first-order valence-corrected chi connectivity index (χ1v) is 6.19. The maximum atomic E-state index is 11.2. The number of hydrogen-bond acceptors (Lipinski definition) is 1. The Bertz CT molecular complexity index is 603. The first-order chi connectivity index (χ1) is 8.29. The molecule has 0 spiro atoms. The number of rotatable bonds is 1. The molecule has 1 aromatic carbocycles. The van der Waals surface area contributed by atoms with E-state index >= 15 is 0 Å². The van der Waals surface area contributed by atoms with Gasteiger partial charge in [0.15, 0.2) is 0 Å². The van der Waals surface area contributed by atoms with E-state index < -0.39 is 0 Å². The highest BCUT2D eigenvalue weighted by atomic mass is 16.1. The van der Waals surface area contributed by atoms with Gasteiger partial charge in [-0.2, -0.15) is 0 Å². The molecule has 3 heteroatoms. The molecule has 2 rings (SSSR count). The van der Waals surface area contributed by atoms with Crippen molar-refractivity contribution in [1.82, 2.24) is 10.2 Å². The third kappa shape index (κ3) is 2.26. The first-order valence-electron chi connectivity index (χ1n) is 6.19. The largest absolute Gasteiger partial charge is 0.298 e. The molecule has 0 saturated heterocycles. The molecule has 18 heavy (non-hydrogen) atoms. The second-order valence-corrected chi connectivity index (χ2v) is 5.91. The summed E-state index contributed by atoms with van der Waals surface area (Å²) >= 11 is 0. The molecule has 0 amide bonds. The molecule has 96 valence electrons. The monoisotopic (exact) mass is 244 g/mol. The van der Waals surface area contributed by atoms with Crippen molar-refractivity contribution in [3.05, 3.63) is 45.2 Å². The van der Waals surface area contributed by atoms with Crippen LogP contribution in [-0.4, -0.2) is 10.2 Å². The van der Waals surface area contributed by atoms with Crippen LogP contribution in [0.4, 0.5) is 0 Å². The highest BCUT2D eigenvalue weighted by molar-refractivity contribution is 5.68. The second kappa shape index (κ2) is 4.16. The summed E-state index contributed by atoms with van der Waals surface area (Å²) in [4.78, 5) is 11.2. The van der Waals surface area contributed by atoms with Crippen LogP contribution in [0.25, 0.3) is 11.3 Å². The van der Waals surface area contributed by atoms with Gasteiger partial charge in [0, 0.05) is 11.6 Å². The zero-order valence-electron chi connectivity index (χ0n) is 11.6. The molecule has 0 atom stereocenters. The lowest BCUT2D eigenvalue weighted by Gasteiger charge is -2.22. The summed E-state index contributed by atoms with van der Waals surface area (Å²) in [6.07, 6.45) is 0. The molecule has 2 N–H and O–H groups in total. The molecular formula is C15H20N2O. The van der Waals surface area contributed by atoms with Gasteiger partial charge in [-0.25, -0.2) is 0 Å². The number of H-pyrrole nitrogens is 2. The van der Waals surface area contributed by atoms with Crippen LogP contribution < -0.4 is 5.56 Å². The molecule has 0 unspecified atom stereocenters. The van der Waals surface area contributed by atoms with Gasteiger partial charge in [0.1, 0.15) is 0 Å². The van der Waals surface area contributed by atoms with E-state index in [0.717, 1.165) is 11.3 Å². The summed E-state index contributed by atoms with van der Waals surface area (Å²) in [5.74, 6) is 0. The van der Waals surface area contributed by atoms with Gasteiger partial charge in [0.25, 0.3) is 5.56 Å². The van der Waals surface area contributed by atoms with Gasteiger partial charge in [-0.05, 0) is 36.0 Å². The Labute approximate surface area is 107 Å². The molecule has 0 radical (unpaired) electrons. The third-order valence-corrected chi connectivity index (χ3v) is 3.26. The highest BCUT2D eigenvalue weighted by Gasteiger charge is 2.17. The van der Waals surface area contributed by atoms with Crippen LogP contribution in [0.15, 0.2) is 23.0 Å². The van der Waals surface area contributed by atoms with Crippen LogP contribution in [-0.2, 0) is 5.41 Å². The van der Waals surface area contributed by atoms with Gasteiger partial charge in [-0.1, -0.05) is 32.9 Å². The smallest absolute Gasteiger partial charge is 0.264 e. The third-order valence-electron chi connectivity index (χ3n) is 3.26. The van der Waals surface area contributed by atoms with Crippen LogP contribution in [0.3, 0.4) is 0 Å². The SMILES string of the molecule is Cc1cc(C(C)(C)C)cc(C)c1-c1cc(=O)[nH][nH]1. The van der Waals surface area contributed by atoms with Crippen molar-refractivity contribution in [2.45, 2.75) is 40.0 Å². The Kier molecular flexibility index (Phi) is 2.93. The van der Waals surface area contributed by atoms with E-state index in [1.165, 1.54) is 16.7 Å². The minimum Gasteiger partial charge on any atom is -0.298 e. The van der Waals surface area contributed by atoms with Crippen molar-refractivity contribution < 1.29 is 0 Å². The van der Waals surface area contributed by atoms with Gasteiger partial charge in [-0.3, -0.25) is 15.0 Å². The maximum Gasteiger partial charge on any atom is 0.264 e. The van der Waals surface area contributed by atoms with Crippen molar-refractivity contribution in [1.29, 1.82) is 0 Å². The van der Waals surface area contributed by atoms with E-state index in [2.05, 4.69) is 56.9 Å². The van der Waals surface area contributed by atoms with Crippen LogP contribution in [0.1, 0.15) is 37.5 Å². The summed E-state index contributed by atoms with van der Waals surface area (Å²) < 4.78 is 0. The lowest BCUT2D eigenvalue weighted by Crippen LogP contribution is -2.12. The zero-order valence-corrected chi connectivity index (χ0v) is 11.6. The minimum absolute atomic E-state index is 0.0938. The Morgan fingerprint density at radius 1 is 0.944 bits per heavy atom. The van der Waals surface area contributed by atoms with Crippen molar-refractivity contribution in [3.8, 4) is 11.3 Å². The fourth-order valence-electron chi connectivity index (χ4n) is 2.29. The van der Waals surface area contributed by atoms with E-state index in [4.69, 9.17) is 0 Å². The van der Waals surface area contributed by atoms with Gasteiger partial charge in [0.2, 0.25) is 0 Å². The minimum atomic E-state index is -0.0938. The number of hydrogen-bond donors (Lipinski definition) is 2. The summed E-state index contributed by atoms with van der Waals surface area (Å²) in [7, 11) is 0. The summed E-state index contributed by atoms with van der Waals surface area (Å²) in [6.45, 7) is 10.8. The topological polar surface area (TPSA) is 48.6 Å². The van der Waals surface area contributed by atoms with E-state index in [1.807, 2.05) is 0 Å². The Morgan fingerprint density at radius 2 is 1.50 bits per heavy atom. The molecule has 0 bridgehead atoms. The van der Waals surface area contributed by atoms with E-state index in [1.54, 1.807) is 6.07 Å². The van der Waals surface area contributed by atoms with Crippen LogP contribution >= 0.6 is 0 Å². The number of benzene rings is 1. The Balaban J connectivity index is 2.61. The van der Waals surface area contributed by atoms with Crippen molar-refractivity contribution in [2.24, 2.45) is 0 Å². The maximum absolute atomic E-state index is 11.2. The van der Waals surface area contributed by atoms with Crippen LogP contribution in [0.5, 0.6) is 0 Å². The fourth-order valence-corrected chi connectivity index (χ4v) is 2.29. The zero-order chi connectivity index (χ0) is 13.5. The predicted molar refractivity (Wildman–Crippen MR) is 75.0 cm³/mol. The molecular weight excluding hydrogens is 224 g/mol. The van der Waals surface area contributed by atoms with Gasteiger partial charge >= 0.3 is 0 Å². The molecule has 0 fully saturated rings. The second-order valence-electron chi connectivity index (χ2n) is 5.91. The van der Waals surface area contributed by atoms with E-state index in [9.17, 15) is 4.79 Å². The average molecular weight is 244 g/mol. The fraction of sp³-hybridized carbons (Fsp3) is 0.400. The van der Waals surface area contributed by atoms with Gasteiger partial charge in [0.05, 0.1) is 5.69 Å². The van der Waals surface area contributed by atoms with Gasteiger partial charge in [-0.15, -0.1) is 0 Å². The Hall–Kier alpha value is -1.77. The average Bonchev–Trinajstić information content (AvgIpc) is 2.62. The predicted octanol–water partition coefficient (Wildman–Crippen LogP) is 3.28. The molecule has 0 aliphatic heterocycles. The first kappa shape index (κ1) is 12.7. The highest BCUT2D eigenvalue weighted by Crippen LogP contribution is 2.31. The quantitative estimate of drug-likeness (QED) is 0.794.